The van der Waals surface area contributed by atoms with Gasteiger partial charge >= 0.3 is 42.2 Å². The van der Waals surface area contributed by atoms with Crippen molar-refractivity contribution in [1.82, 2.24) is 0 Å². The molecule has 0 N–H and O–H groups in total. The molecule has 0 amide bonds. The summed E-state index contributed by atoms with van der Waals surface area (Å²) < 4.78 is 10.9. The first kappa shape index (κ1) is 3.62. The molecule has 0 rings (SSSR count). The second-order valence-corrected chi connectivity index (χ2v) is 0.931. The van der Waals surface area contributed by atoms with Crippen LogP contribution in [0.1, 0.15) is 1.37 Å². The first-order chi connectivity index (χ1) is 2.91. The fourth-order valence-electron chi connectivity index (χ4n) is 0.0278. The van der Waals surface area contributed by atoms with Gasteiger partial charge in [-0.05, 0) is 0 Å². The summed E-state index contributed by atoms with van der Waals surface area (Å²) >= 11 is 5.28. The standard InChI is InChI=1S/CH3BOS2/c1-5-3-2-4/h1H3/i1D. The maximum atomic E-state index is 6.48. The van der Waals surface area contributed by atoms with E-state index in [0.29, 0.717) is 0 Å². The summed E-state index contributed by atoms with van der Waals surface area (Å²) in [5.41, 5.74) is 0. The molecule has 0 aromatic carbocycles. The quantitative estimate of drug-likeness (QED) is 0.296. The summed E-state index contributed by atoms with van der Waals surface area (Å²) in [5.74, 6) is 0. The van der Waals surface area contributed by atoms with Gasteiger partial charge in [0.05, 0.1) is 0 Å². The van der Waals surface area contributed by atoms with E-state index in [2.05, 4.69) is 16.2 Å². The van der Waals surface area contributed by atoms with E-state index in [0.717, 1.165) is 18.4 Å². The van der Waals surface area contributed by atoms with Crippen LogP contribution < -0.4 is 0 Å². The van der Waals surface area contributed by atoms with Crippen LogP contribution in [0.5, 0.6) is 0 Å². The molecule has 1 nitrogen and oxygen atoms in total. The zero-order valence-corrected chi connectivity index (χ0v) is 4.14. The fourth-order valence-corrected chi connectivity index (χ4v) is 0.250. The van der Waals surface area contributed by atoms with Gasteiger partial charge in [0.25, 0.3) is 0 Å². The monoisotopic (exact) mass is 107 g/mol. The van der Waals surface area contributed by atoms with E-state index in [4.69, 9.17) is 1.37 Å². The summed E-state index contributed by atoms with van der Waals surface area (Å²) in [6.45, 7) is 0. The second-order valence-electron chi connectivity index (χ2n) is 0.310. The Bertz CT molecular complexity index is 42.5. The van der Waals surface area contributed by atoms with Crippen LogP contribution in [-0.4, -0.2) is 12.6 Å². The van der Waals surface area contributed by atoms with Crippen LogP contribution in [0.15, 0.2) is 0 Å². The molecule has 28 valence electrons. The van der Waals surface area contributed by atoms with E-state index in [-0.39, 0.29) is 6.23 Å². The van der Waals surface area contributed by atoms with Gasteiger partial charge in [-0.25, -0.2) is 0 Å². The molecule has 0 aromatic heterocycles. The molecule has 0 fully saturated rings. The molecule has 4 heteroatoms. The van der Waals surface area contributed by atoms with Gasteiger partial charge in [-0.1, -0.05) is 0 Å². The molecule has 0 aliphatic rings. The zero-order valence-electron chi connectivity index (χ0n) is 3.51. The Labute approximate surface area is 42.8 Å². The predicted molar refractivity (Wildman–Crippen MR) is 27.9 cm³/mol. The molecular weight excluding hydrogens is 103 g/mol. The van der Waals surface area contributed by atoms with Gasteiger partial charge < -0.3 is 0 Å². The molecule has 0 radical (unpaired) electrons. The van der Waals surface area contributed by atoms with E-state index >= 15 is 0 Å². The van der Waals surface area contributed by atoms with Crippen molar-refractivity contribution in [3.63, 3.8) is 0 Å². The maximum absolute atomic E-state index is 6.48. The molecule has 0 aliphatic heterocycles. The number of hydrogen-bond donors (Lipinski definition) is 0. The van der Waals surface area contributed by atoms with Crippen LogP contribution in [0.2, 0.25) is 0 Å². The number of hydrogen-bond acceptors (Lipinski definition) is 3. The first-order valence-electron chi connectivity index (χ1n) is 1.63. The van der Waals surface area contributed by atoms with Crippen LogP contribution in [0.4, 0.5) is 0 Å². The van der Waals surface area contributed by atoms with Crippen molar-refractivity contribution in [3.8, 4) is 0 Å². The van der Waals surface area contributed by atoms with Crippen molar-refractivity contribution >= 4 is 30.5 Å². The van der Waals surface area contributed by atoms with Crippen LogP contribution in [0.25, 0.3) is 0 Å². The van der Waals surface area contributed by atoms with Gasteiger partial charge in [-0.2, -0.15) is 0 Å². The van der Waals surface area contributed by atoms with E-state index < -0.39 is 0 Å². The summed E-state index contributed by atoms with van der Waals surface area (Å²) in [4.78, 5) is 0. The predicted octanol–water partition coefficient (Wildman–Crippen LogP) is 1.01. The molecule has 0 saturated carbocycles. The van der Waals surface area contributed by atoms with E-state index in [1.54, 1.807) is 0 Å². The topological polar surface area (TPSA) is 9.23 Å². The van der Waals surface area contributed by atoms with Crippen molar-refractivity contribution in [3.05, 3.63) is 0 Å². The van der Waals surface area contributed by atoms with Crippen LogP contribution in [0, 0.1) is 0 Å². The minimum absolute atomic E-state index is 0.202. The van der Waals surface area contributed by atoms with Crippen molar-refractivity contribution in [1.29, 1.82) is 0 Å². The molecule has 0 heterocycles. The Hall–Kier alpha value is 0.435. The molecule has 0 aromatic rings. The third-order valence-electron chi connectivity index (χ3n) is 0.107. The molecule has 0 saturated heterocycles. The second kappa shape index (κ2) is 4.43. The molecule has 0 unspecified atom stereocenters. The van der Waals surface area contributed by atoms with Crippen molar-refractivity contribution in [2.24, 2.45) is 0 Å². The third-order valence-corrected chi connectivity index (χ3v) is 0.558. The van der Waals surface area contributed by atoms with Crippen molar-refractivity contribution in [2.45, 2.75) is 0 Å². The Balaban J connectivity index is 2.49. The van der Waals surface area contributed by atoms with Gasteiger partial charge in [0.1, 0.15) is 0 Å². The van der Waals surface area contributed by atoms with Crippen molar-refractivity contribution < 1.29 is 5.47 Å². The van der Waals surface area contributed by atoms with Crippen molar-refractivity contribution in [2.75, 3.05) is 6.23 Å². The Kier molecular flexibility index (Phi) is 3.21. The van der Waals surface area contributed by atoms with E-state index in [1.807, 2.05) is 0 Å². The molecule has 0 spiro atoms. The fraction of sp³-hybridized carbons (Fsp3) is 1.00. The van der Waals surface area contributed by atoms with Crippen LogP contribution in [-0.2, 0) is 4.10 Å². The van der Waals surface area contributed by atoms with Gasteiger partial charge in [0, 0.05) is 0 Å². The molecular formula is CH3BOS2. The Morgan fingerprint density at radius 1 is 2.40 bits per heavy atom. The molecule has 5 heavy (non-hydrogen) atoms. The zero-order chi connectivity index (χ0) is 4.83. The average molecular weight is 107 g/mol. The van der Waals surface area contributed by atoms with Gasteiger partial charge in [-0.15, -0.1) is 0 Å². The molecule has 0 aliphatic carbocycles. The summed E-state index contributed by atoms with van der Waals surface area (Å²) in [6.07, 6.45) is 1.34. The molecule has 0 bridgehead atoms. The summed E-state index contributed by atoms with van der Waals surface area (Å²) in [5, 5.41) is 0. The van der Waals surface area contributed by atoms with E-state index in [1.165, 1.54) is 0 Å². The summed E-state index contributed by atoms with van der Waals surface area (Å²) in [7, 11) is 0. The Morgan fingerprint density at radius 3 is 3.40 bits per heavy atom. The third kappa shape index (κ3) is 4.43. The van der Waals surface area contributed by atoms with Gasteiger partial charge in [0.2, 0.25) is 0 Å². The van der Waals surface area contributed by atoms with Gasteiger partial charge in [-0.3, -0.25) is 0 Å². The Morgan fingerprint density at radius 2 is 3.20 bits per heavy atom. The molecule has 0 atom stereocenters. The van der Waals surface area contributed by atoms with E-state index in [9.17, 15) is 0 Å². The van der Waals surface area contributed by atoms with Crippen LogP contribution in [0.3, 0.4) is 0 Å². The van der Waals surface area contributed by atoms with Crippen LogP contribution >= 0.6 is 24.1 Å². The first-order valence-corrected chi connectivity index (χ1v) is 2.31. The van der Waals surface area contributed by atoms with Gasteiger partial charge in [0.15, 0.2) is 0 Å². The number of rotatable bonds is 2. The SMILES string of the molecule is [2H]CSOB=S. The normalized spacial score (nSPS) is 8.40. The average Bonchev–Trinajstić information content (AvgIpc) is 1.61. The summed E-state index contributed by atoms with van der Waals surface area (Å²) in [6, 6.07) is 0. The minimum atomic E-state index is 0.202.